The number of aryl methyl sites for hydroxylation is 2. The van der Waals surface area contributed by atoms with Gasteiger partial charge in [-0.1, -0.05) is 6.07 Å². The van der Waals surface area contributed by atoms with Gasteiger partial charge in [-0.15, -0.1) is 0 Å². The lowest BCUT2D eigenvalue weighted by atomic mass is 10.1. The van der Waals surface area contributed by atoms with E-state index < -0.39 is 0 Å². The van der Waals surface area contributed by atoms with E-state index in [1.54, 1.807) is 17.2 Å². The molecular weight excluding hydrogens is 276 g/mol. The molecule has 1 aliphatic carbocycles. The van der Waals surface area contributed by atoms with E-state index >= 15 is 0 Å². The first-order valence-corrected chi connectivity index (χ1v) is 7.58. The quantitative estimate of drug-likeness (QED) is 0.850. The van der Waals surface area contributed by atoms with Crippen molar-refractivity contribution in [2.45, 2.75) is 32.2 Å². The van der Waals surface area contributed by atoms with Crippen LogP contribution in [0.25, 0.3) is 0 Å². The third-order valence-electron chi connectivity index (χ3n) is 4.05. The molecule has 4 heteroatoms. The maximum absolute atomic E-state index is 12.8. The molecule has 3 rings (SSSR count). The lowest BCUT2D eigenvalue weighted by Gasteiger charge is -2.21. The van der Waals surface area contributed by atoms with E-state index in [2.05, 4.69) is 12.1 Å². The summed E-state index contributed by atoms with van der Waals surface area (Å²) in [6.07, 6.45) is 5.23. The molecule has 22 heavy (non-hydrogen) atoms. The minimum absolute atomic E-state index is 0.0404. The normalized spacial score (nSPS) is 12.7. The van der Waals surface area contributed by atoms with Crippen molar-refractivity contribution in [1.29, 1.82) is 5.26 Å². The van der Waals surface area contributed by atoms with Crippen molar-refractivity contribution in [2.24, 2.45) is 0 Å². The Morgan fingerprint density at radius 1 is 1.27 bits per heavy atom. The first-order valence-electron chi connectivity index (χ1n) is 7.58. The SMILES string of the molecule is N#CCCN(Cc1ccco1)C(=O)c1ccc2c(c1)CCC2. The summed E-state index contributed by atoms with van der Waals surface area (Å²) in [6.45, 7) is 0.803. The number of furan rings is 1. The Labute approximate surface area is 130 Å². The van der Waals surface area contributed by atoms with Gasteiger partial charge in [0.2, 0.25) is 0 Å². The van der Waals surface area contributed by atoms with Crippen molar-refractivity contribution in [3.8, 4) is 6.07 Å². The van der Waals surface area contributed by atoms with E-state index in [-0.39, 0.29) is 5.91 Å². The van der Waals surface area contributed by atoms with Crippen LogP contribution >= 0.6 is 0 Å². The van der Waals surface area contributed by atoms with Crippen LogP contribution in [-0.4, -0.2) is 17.4 Å². The number of nitrogens with zero attached hydrogens (tertiary/aromatic N) is 2. The summed E-state index contributed by atoms with van der Waals surface area (Å²) in [5.74, 6) is 0.689. The molecule has 2 aromatic rings. The monoisotopic (exact) mass is 294 g/mol. The summed E-state index contributed by atoms with van der Waals surface area (Å²) >= 11 is 0. The Balaban J connectivity index is 1.80. The molecule has 0 radical (unpaired) electrons. The molecule has 1 aromatic carbocycles. The zero-order chi connectivity index (χ0) is 15.4. The zero-order valence-corrected chi connectivity index (χ0v) is 12.4. The second-order valence-corrected chi connectivity index (χ2v) is 5.55. The number of hydrogen-bond acceptors (Lipinski definition) is 3. The molecule has 0 N–H and O–H groups in total. The van der Waals surface area contributed by atoms with Crippen LogP contribution in [0.2, 0.25) is 0 Å². The number of carbonyl (C=O) groups excluding carboxylic acids is 1. The molecule has 4 nitrogen and oxygen atoms in total. The molecule has 112 valence electrons. The second-order valence-electron chi connectivity index (χ2n) is 5.55. The fourth-order valence-electron chi connectivity index (χ4n) is 2.92. The Kier molecular flexibility index (Phi) is 4.24. The Hall–Kier alpha value is -2.54. The zero-order valence-electron chi connectivity index (χ0n) is 12.4. The van der Waals surface area contributed by atoms with Crippen molar-refractivity contribution in [3.63, 3.8) is 0 Å². The molecule has 0 saturated carbocycles. The minimum Gasteiger partial charge on any atom is -0.467 e. The lowest BCUT2D eigenvalue weighted by molar-refractivity contribution is 0.0735. The van der Waals surface area contributed by atoms with Gasteiger partial charge in [0, 0.05) is 12.1 Å². The van der Waals surface area contributed by atoms with Gasteiger partial charge in [0.05, 0.1) is 25.3 Å². The van der Waals surface area contributed by atoms with Crippen molar-refractivity contribution in [1.82, 2.24) is 4.90 Å². The van der Waals surface area contributed by atoms with Crippen molar-refractivity contribution < 1.29 is 9.21 Å². The molecule has 1 aliphatic rings. The highest BCUT2D eigenvalue weighted by molar-refractivity contribution is 5.94. The number of fused-ring (bicyclic) bond motifs is 1. The second kappa shape index (κ2) is 6.48. The van der Waals surface area contributed by atoms with Crippen LogP contribution in [0.1, 0.15) is 40.1 Å². The Bertz CT molecular complexity index is 698. The fourth-order valence-corrected chi connectivity index (χ4v) is 2.92. The fraction of sp³-hybridized carbons (Fsp3) is 0.333. The van der Waals surface area contributed by atoms with Crippen LogP contribution in [0.15, 0.2) is 41.0 Å². The van der Waals surface area contributed by atoms with E-state index in [0.29, 0.717) is 25.1 Å². The standard InChI is InChI=1S/C18H18N2O2/c19-9-3-10-20(13-17-6-2-11-22-17)18(21)16-8-7-14-4-1-5-15(14)12-16/h2,6-8,11-12H,1,3-5,10,13H2. The van der Waals surface area contributed by atoms with Gasteiger partial charge in [-0.05, 0) is 54.7 Å². The highest BCUT2D eigenvalue weighted by Crippen LogP contribution is 2.23. The summed E-state index contributed by atoms with van der Waals surface area (Å²) in [5, 5.41) is 8.81. The maximum atomic E-state index is 12.8. The first-order chi connectivity index (χ1) is 10.8. The van der Waals surface area contributed by atoms with Gasteiger partial charge < -0.3 is 9.32 Å². The Morgan fingerprint density at radius 2 is 2.14 bits per heavy atom. The van der Waals surface area contributed by atoms with Gasteiger partial charge in [0.15, 0.2) is 0 Å². The molecule has 0 atom stereocenters. The molecular formula is C18H18N2O2. The van der Waals surface area contributed by atoms with Gasteiger partial charge in [0.1, 0.15) is 5.76 Å². The van der Waals surface area contributed by atoms with Gasteiger partial charge in [0.25, 0.3) is 5.91 Å². The molecule has 0 aliphatic heterocycles. The van der Waals surface area contributed by atoms with Crippen LogP contribution < -0.4 is 0 Å². The number of amides is 1. The number of nitriles is 1. The highest BCUT2D eigenvalue weighted by atomic mass is 16.3. The summed E-state index contributed by atoms with van der Waals surface area (Å²) in [5.41, 5.74) is 3.33. The summed E-state index contributed by atoms with van der Waals surface area (Å²) in [4.78, 5) is 14.4. The lowest BCUT2D eigenvalue weighted by Crippen LogP contribution is -2.31. The predicted octanol–water partition coefficient (Wildman–Crippen LogP) is 3.32. The van der Waals surface area contributed by atoms with Crippen molar-refractivity contribution in [3.05, 3.63) is 59.0 Å². The van der Waals surface area contributed by atoms with Crippen LogP contribution in [0.5, 0.6) is 0 Å². The summed E-state index contributed by atoms with van der Waals surface area (Å²) in [7, 11) is 0. The van der Waals surface area contributed by atoms with E-state index in [9.17, 15) is 4.79 Å². The maximum Gasteiger partial charge on any atom is 0.254 e. The smallest absolute Gasteiger partial charge is 0.254 e. The van der Waals surface area contributed by atoms with E-state index in [1.165, 1.54) is 11.1 Å². The molecule has 0 fully saturated rings. The molecule has 0 saturated heterocycles. The van der Waals surface area contributed by atoms with Gasteiger partial charge >= 0.3 is 0 Å². The predicted molar refractivity (Wildman–Crippen MR) is 82.1 cm³/mol. The van der Waals surface area contributed by atoms with Crippen molar-refractivity contribution in [2.75, 3.05) is 6.54 Å². The molecule has 0 unspecified atom stereocenters. The Morgan fingerprint density at radius 3 is 2.91 bits per heavy atom. The molecule has 1 aromatic heterocycles. The van der Waals surface area contributed by atoms with Gasteiger partial charge in [-0.2, -0.15) is 5.26 Å². The molecule has 1 amide bonds. The van der Waals surface area contributed by atoms with Crippen LogP contribution in [0, 0.1) is 11.3 Å². The van der Waals surface area contributed by atoms with Crippen molar-refractivity contribution >= 4 is 5.91 Å². The third kappa shape index (κ3) is 3.04. The van der Waals surface area contributed by atoms with Crippen LogP contribution in [0.3, 0.4) is 0 Å². The topological polar surface area (TPSA) is 57.2 Å². The van der Waals surface area contributed by atoms with Crippen LogP contribution in [-0.2, 0) is 19.4 Å². The number of hydrogen-bond donors (Lipinski definition) is 0. The van der Waals surface area contributed by atoms with E-state index in [1.807, 2.05) is 18.2 Å². The van der Waals surface area contributed by atoms with Gasteiger partial charge in [-0.25, -0.2) is 0 Å². The van der Waals surface area contributed by atoms with E-state index in [4.69, 9.17) is 9.68 Å². The number of carbonyl (C=O) groups is 1. The molecule has 1 heterocycles. The summed E-state index contributed by atoms with van der Waals surface area (Å²) < 4.78 is 5.33. The average molecular weight is 294 g/mol. The van der Waals surface area contributed by atoms with E-state index in [0.717, 1.165) is 25.0 Å². The number of benzene rings is 1. The molecule has 0 bridgehead atoms. The first kappa shape index (κ1) is 14.4. The van der Waals surface area contributed by atoms with Gasteiger partial charge in [-0.3, -0.25) is 4.79 Å². The summed E-state index contributed by atoms with van der Waals surface area (Å²) in [6, 6.07) is 11.7. The minimum atomic E-state index is -0.0404. The van der Waals surface area contributed by atoms with Crippen LogP contribution in [0.4, 0.5) is 0 Å². The number of rotatable bonds is 5. The highest BCUT2D eigenvalue weighted by Gasteiger charge is 2.19. The largest absolute Gasteiger partial charge is 0.467 e. The third-order valence-corrected chi connectivity index (χ3v) is 4.05. The average Bonchev–Trinajstić information content (AvgIpc) is 3.21. The molecule has 0 spiro atoms.